The molecule has 3 aromatic rings. The summed E-state index contributed by atoms with van der Waals surface area (Å²) in [6.07, 6.45) is 1.55. The Morgan fingerprint density at radius 3 is 1.87 bits per heavy atom. The largest absolute Gasteiger partial charge is 0.305 e. The zero-order chi connectivity index (χ0) is 21.8. The monoisotopic (exact) mass is 498 g/mol. The standard InChI is InChI=1S/C24H24BrN2O3P/c25-21-14-8-7-13-20(21)22(17-27(28)29)26-31(30)23(18-9-3-1-4-10-18)15-16-24(31)19-11-5-2-6-12-19/h1-14,22-24H,15-17H2,(H,26,30)/t22-,23+,24+/m1/s1. The normalized spacial score (nSPS) is 20.9. The van der Waals surface area contributed by atoms with Crippen LogP contribution in [-0.2, 0) is 4.57 Å². The van der Waals surface area contributed by atoms with E-state index in [4.69, 9.17) is 0 Å². The lowest BCUT2D eigenvalue weighted by Gasteiger charge is -2.31. The van der Waals surface area contributed by atoms with Gasteiger partial charge >= 0.3 is 0 Å². The van der Waals surface area contributed by atoms with E-state index in [9.17, 15) is 14.7 Å². The van der Waals surface area contributed by atoms with Crippen molar-refractivity contribution in [3.8, 4) is 0 Å². The summed E-state index contributed by atoms with van der Waals surface area (Å²) in [4.78, 5) is 11.2. The molecule has 1 aliphatic rings. The average Bonchev–Trinajstić information content (AvgIpc) is 3.11. The van der Waals surface area contributed by atoms with Gasteiger partial charge in [0.05, 0.1) is 11.3 Å². The minimum absolute atomic E-state index is 0.185. The Bertz CT molecular complexity index is 1040. The van der Waals surface area contributed by atoms with Crippen LogP contribution in [0.5, 0.6) is 0 Å². The summed E-state index contributed by atoms with van der Waals surface area (Å²) < 4.78 is 15.6. The summed E-state index contributed by atoms with van der Waals surface area (Å²) in [5.74, 6) is 0. The molecule has 4 rings (SSSR count). The Labute approximate surface area is 190 Å². The van der Waals surface area contributed by atoms with Gasteiger partial charge in [0.2, 0.25) is 6.54 Å². The third-order valence-corrected chi connectivity index (χ3v) is 10.4. The first-order valence-corrected chi connectivity index (χ1v) is 13.0. The number of hydrogen-bond acceptors (Lipinski definition) is 3. The van der Waals surface area contributed by atoms with E-state index in [1.54, 1.807) is 0 Å². The SMILES string of the molecule is O=[N+]([O-])C[C@@H](NP1(=O)[C@H](c2ccccc2)CC[C@H]1c1ccccc1)c1ccccc1Br. The highest BCUT2D eigenvalue weighted by atomic mass is 79.9. The van der Waals surface area contributed by atoms with Crippen LogP contribution in [0, 0.1) is 10.1 Å². The molecule has 0 bridgehead atoms. The van der Waals surface area contributed by atoms with Gasteiger partial charge in [-0.25, -0.2) is 0 Å². The summed E-state index contributed by atoms with van der Waals surface area (Å²) in [7, 11) is -3.11. The van der Waals surface area contributed by atoms with E-state index in [0.717, 1.165) is 34.0 Å². The fraction of sp³-hybridized carbons (Fsp3) is 0.250. The minimum atomic E-state index is -3.11. The van der Waals surface area contributed by atoms with Crippen molar-refractivity contribution in [2.45, 2.75) is 30.2 Å². The van der Waals surface area contributed by atoms with Crippen LogP contribution in [0.2, 0.25) is 0 Å². The van der Waals surface area contributed by atoms with Gasteiger partial charge in [0.1, 0.15) is 6.04 Å². The number of nitro groups is 1. The molecule has 1 N–H and O–H groups in total. The molecule has 0 radical (unpaired) electrons. The number of halogens is 1. The highest BCUT2D eigenvalue weighted by Crippen LogP contribution is 2.74. The van der Waals surface area contributed by atoms with Gasteiger partial charge in [-0.15, -0.1) is 0 Å². The molecule has 1 aliphatic heterocycles. The highest BCUT2D eigenvalue weighted by Gasteiger charge is 2.49. The molecule has 31 heavy (non-hydrogen) atoms. The molecule has 3 aromatic carbocycles. The van der Waals surface area contributed by atoms with E-state index in [2.05, 4.69) is 21.0 Å². The van der Waals surface area contributed by atoms with Gasteiger partial charge in [-0.05, 0) is 35.6 Å². The number of hydrogen-bond donors (Lipinski definition) is 1. The van der Waals surface area contributed by atoms with Crippen LogP contribution < -0.4 is 5.09 Å². The van der Waals surface area contributed by atoms with Gasteiger partial charge in [-0.2, -0.15) is 0 Å². The number of benzene rings is 3. The smallest absolute Gasteiger partial charge is 0.223 e. The molecule has 0 aliphatic carbocycles. The summed E-state index contributed by atoms with van der Waals surface area (Å²) in [5.41, 5.74) is 2.42. The van der Waals surface area contributed by atoms with Gasteiger partial charge in [-0.1, -0.05) is 94.8 Å². The summed E-state index contributed by atoms with van der Waals surface area (Å²) in [6.45, 7) is -0.338. The third kappa shape index (κ3) is 4.67. The predicted octanol–water partition coefficient (Wildman–Crippen LogP) is 6.91. The zero-order valence-electron chi connectivity index (χ0n) is 16.9. The molecular weight excluding hydrogens is 475 g/mol. The van der Waals surface area contributed by atoms with Gasteiger partial charge in [-0.3, -0.25) is 15.2 Å². The first-order valence-electron chi connectivity index (χ1n) is 10.3. The topological polar surface area (TPSA) is 72.2 Å². The molecule has 1 fully saturated rings. The van der Waals surface area contributed by atoms with Crippen molar-refractivity contribution in [3.05, 3.63) is 116 Å². The van der Waals surface area contributed by atoms with Crippen LogP contribution >= 0.6 is 23.2 Å². The maximum atomic E-state index is 14.8. The number of nitrogens with one attached hydrogen (secondary N) is 1. The second kappa shape index (κ2) is 9.47. The zero-order valence-corrected chi connectivity index (χ0v) is 19.4. The maximum absolute atomic E-state index is 14.8. The van der Waals surface area contributed by atoms with E-state index in [1.807, 2.05) is 84.9 Å². The lowest BCUT2D eigenvalue weighted by atomic mass is 10.0. The Kier molecular flexibility index (Phi) is 6.71. The second-order valence-corrected chi connectivity index (χ2v) is 11.6. The molecule has 7 heteroatoms. The lowest BCUT2D eigenvalue weighted by molar-refractivity contribution is -0.484. The first-order chi connectivity index (χ1) is 15.0. The fourth-order valence-electron chi connectivity index (χ4n) is 4.58. The summed E-state index contributed by atoms with van der Waals surface area (Å²) >= 11 is 3.52. The van der Waals surface area contributed by atoms with Crippen LogP contribution in [0.4, 0.5) is 0 Å². The minimum Gasteiger partial charge on any atom is -0.305 e. The fourth-order valence-corrected chi connectivity index (χ4v) is 8.94. The van der Waals surface area contributed by atoms with Crippen LogP contribution in [0.1, 0.15) is 46.9 Å². The van der Waals surface area contributed by atoms with Gasteiger partial charge in [0.15, 0.2) is 7.29 Å². The van der Waals surface area contributed by atoms with Crippen molar-refractivity contribution in [1.29, 1.82) is 0 Å². The van der Waals surface area contributed by atoms with E-state index in [1.165, 1.54) is 0 Å². The Morgan fingerprint density at radius 2 is 1.39 bits per heavy atom. The quantitative estimate of drug-likeness (QED) is 0.218. The highest BCUT2D eigenvalue weighted by molar-refractivity contribution is 9.10. The van der Waals surface area contributed by atoms with Gasteiger partial charge < -0.3 is 4.57 Å². The number of rotatable bonds is 7. The third-order valence-electron chi connectivity index (χ3n) is 5.98. The molecule has 160 valence electrons. The van der Waals surface area contributed by atoms with Gasteiger partial charge in [0.25, 0.3) is 0 Å². The molecule has 1 saturated heterocycles. The van der Waals surface area contributed by atoms with E-state index >= 15 is 0 Å². The van der Waals surface area contributed by atoms with Crippen molar-refractivity contribution in [2.24, 2.45) is 0 Å². The van der Waals surface area contributed by atoms with E-state index in [-0.39, 0.29) is 22.8 Å². The van der Waals surface area contributed by atoms with Crippen molar-refractivity contribution in [1.82, 2.24) is 5.09 Å². The molecule has 0 saturated carbocycles. The molecular formula is C24H24BrN2O3P. The molecule has 0 aromatic heterocycles. The van der Waals surface area contributed by atoms with E-state index < -0.39 is 13.3 Å². The van der Waals surface area contributed by atoms with Crippen molar-refractivity contribution < 1.29 is 9.49 Å². The van der Waals surface area contributed by atoms with Crippen LogP contribution in [-0.4, -0.2) is 11.5 Å². The van der Waals surface area contributed by atoms with Gasteiger partial charge in [0, 0.05) is 9.40 Å². The first kappa shape index (κ1) is 21.9. The van der Waals surface area contributed by atoms with Crippen molar-refractivity contribution >= 4 is 23.2 Å². The van der Waals surface area contributed by atoms with Crippen molar-refractivity contribution in [2.75, 3.05) is 6.54 Å². The average molecular weight is 499 g/mol. The van der Waals surface area contributed by atoms with Crippen LogP contribution in [0.3, 0.4) is 0 Å². The number of nitrogens with zero attached hydrogens (tertiary/aromatic N) is 1. The van der Waals surface area contributed by atoms with Crippen LogP contribution in [0.15, 0.2) is 89.4 Å². The molecule has 5 nitrogen and oxygen atoms in total. The Balaban J connectivity index is 1.79. The molecule has 0 unspecified atom stereocenters. The van der Waals surface area contributed by atoms with Crippen molar-refractivity contribution in [3.63, 3.8) is 0 Å². The molecule has 1 heterocycles. The summed E-state index contributed by atoms with van der Waals surface area (Å²) in [5, 5.41) is 14.9. The second-order valence-electron chi connectivity index (χ2n) is 7.86. The maximum Gasteiger partial charge on any atom is 0.223 e. The lowest BCUT2D eigenvalue weighted by Crippen LogP contribution is -2.28. The molecule has 3 atom stereocenters. The van der Waals surface area contributed by atoms with Crippen LogP contribution in [0.25, 0.3) is 0 Å². The predicted molar refractivity (Wildman–Crippen MR) is 127 cm³/mol. The summed E-state index contributed by atoms with van der Waals surface area (Å²) in [6, 6.07) is 26.5. The molecule has 0 amide bonds. The Morgan fingerprint density at radius 1 is 0.903 bits per heavy atom. The molecule has 0 spiro atoms. The Hall–Kier alpha value is -2.27. The van der Waals surface area contributed by atoms with E-state index in [0.29, 0.717) is 0 Å².